The van der Waals surface area contributed by atoms with Gasteiger partial charge in [0.25, 0.3) is 0 Å². The third-order valence-corrected chi connectivity index (χ3v) is 5.68. The third-order valence-electron chi connectivity index (χ3n) is 5.68. The van der Waals surface area contributed by atoms with Crippen molar-refractivity contribution in [1.82, 2.24) is 0 Å². The second kappa shape index (κ2) is 21.2. The fraction of sp³-hybridized carbons (Fsp3) is 0.128. The first-order valence-corrected chi connectivity index (χ1v) is 14.9. The number of carbonyl (C=O) groups excluding carboxylic acids is 4. The van der Waals surface area contributed by atoms with Crippen LogP contribution >= 0.6 is 0 Å². The molecule has 0 bridgehead atoms. The summed E-state index contributed by atoms with van der Waals surface area (Å²) in [5.41, 5.74) is 2.27. The van der Waals surface area contributed by atoms with Crippen molar-refractivity contribution in [3.8, 4) is 23.0 Å². The summed E-state index contributed by atoms with van der Waals surface area (Å²) in [7, 11) is 0. The molecular weight excluding hydrogens is 660 g/mol. The van der Waals surface area contributed by atoms with Gasteiger partial charge in [0, 0.05) is 22.3 Å². The van der Waals surface area contributed by atoms with Crippen LogP contribution in [-0.4, -0.2) is 30.5 Å². The van der Waals surface area contributed by atoms with Gasteiger partial charge in [-0.1, -0.05) is 50.6 Å². The fourth-order valence-electron chi connectivity index (χ4n) is 3.11. The van der Waals surface area contributed by atoms with Crippen molar-refractivity contribution in [2.75, 3.05) is 6.61 Å². The van der Waals surface area contributed by atoms with Gasteiger partial charge in [-0.25, -0.2) is 19.2 Å². The zero-order valence-electron chi connectivity index (χ0n) is 28.7. The van der Waals surface area contributed by atoms with Crippen molar-refractivity contribution >= 4 is 36.0 Å². The lowest BCUT2D eigenvalue weighted by molar-refractivity contribution is -0.138. The molecule has 0 aliphatic rings. The number of hydrogen-bond donors (Lipinski definition) is 0. The molecule has 12 nitrogen and oxygen atoms in total. The maximum Gasteiger partial charge on any atom is 0.338 e. The highest BCUT2D eigenvalue weighted by molar-refractivity contribution is 5.88. The summed E-state index contributed by atoms with van der Waals surface area (Å²) < 4.78 is 42.3. The lowest BCUT2D eigenvalue weighted by Gasteiger charge is -2.10. The average molecular weight is 699 g/mol. The summed E-state index contributed by atoms with van der Waals surface area (Å²) in [6, 6.07) is 10.0. The zero-order chi connectivity index (χ0) is 37.8. The highest BCUT2D eigenvalue weighted by atomic mass is 16.6. The van der Waals surface area contributed by atoms with Crippen LogP contribution in [0.15, 0.2) is 135 Å². The van der Waals surface area contributed by atoms with Gasteiger partial charge in [0.05, 0.1) is 6.26 Å². The first-order valence-electron chi connectivity index (χ1n) is 14.9. The smallest absolute Gasteiger partial charge is 0.338 e. The molecule has 2 aromatic carbocycles. The summed E-state index contributed by atoms with van der Waals surface area (Å²) in [6.45, 7) is 20.1. The molecule has 0 spiro atoms. The Kier molecular flexibility index (Phi) is 16.8. The normalized spacial score (nSPS) is 11.1. The zero-order valence-corrected chi connectivity index (χ0v) is 28.7. The summed E-state index contributed by atoms with van der Waals surface area (Å²) in [4.78, 5) is 46.5. The van der Waals surface area contributed by atoms with Crippen LogP contribution in [0.4, 0.5) is 0 Å². The summed E-state index contributed by atoms with van der Waals surface area (Å²) >= 11 is 0. The van der Waals surface area contributed by atoms with Crippen LogP contribution in [0, 0.1) is 0 Å². The van der Waals surface area contributed by atoms with Crippen molar-refractivity contribution in [1.29, 1.82) is 0 Å². The molecule has 0 heterocycles. The minimum Gasteiger partial charge on any atom is -0.461 e. The van der Waals surface area contributed by atoms with Gasteiger partial charge in [-0.3, -0.25) is 0 Å². The molecule has 0 unspecified atom stereocenters. The quantitative estimate of drug-likeness (QED) is 0.0465. The third kappa shape index (κ3) is 15.3. The van der Waals surface area contributed by atoms with E-state index in [4.69, 9.17) is 37.9 Å². The van der Waals surface area contributed by atoms with Crippen molar-refractivity contribution in [3.63, 3.8) is 0 Å². The van der Waals surface area contributed by atoms with E-state index in [-0.39, 0.29) is 51.9 Å². The molecule has 51 heavy (non-hydrogen) atoms. The molecule has 0 aromatic heterocycles. The summed E-state index contributed by atoms with van der Waals surface area (Å²) in [6.07, 6.45) is 13.0. The molecule has 2 rings (SSSR count). The van der Waals surface area contributed by atoms with E-state index in [1.54, 1.807) is 48.6 Å². The van der Waals surface area contributed by atoms with Crippen LogP contribution in [0.3, 0.4) is 0 Å². The fourth-order valence-corrected chi connectivity index (χ4v) is 3.11. The van der Waals surface area contributed by atoms with Crippen LogP contribution in [0.1, 0.15) is 38.8 Å². The Bertz CT molecular complexity index is 1800. The van der Waals surface area contributed by atoms with Gasteiger partial charge < -0.3 is 37.9 Å². The molecule has 0 aliphatic heterocycles. The number of hydrogen-bond acceptors (Lipinski definition) is 12. The monoisotopic (exact) mass is 698 g/mol. The van der Waals surface area contributed by atoms with Crippen molar-refractivity contribution < 1.29 is 57.1 Å². The Hall–Kier alpha value is -6.82. The standard InChI is InChI=1S/C39H38O12/c1-26(2)36(40)48-17-9-16-44-34-24-30(12-14-32(34)45-18-21-49-37(41)27(3)4)10-11-31-13-15-33(46-19-22-50-38(42)28(5)6)35(25-31)47-20-23-51-39(43)29(7)8/h9-16,18-25H,1,3,5,7,17H2,2,4,6,8H3/b11-10+,16-9+,21-18+,22-19+,23-20+. The second-order valence-electron chi connectivity index (χ2n) is 10.3. The Morgan fingerprint density at radius 1 is 0.490 bits per heavy atom. The topological polar surface area (TPSA) is 142 Å². The molecule has 0 radical (unpaired) electrons. The maximum atomic E-state index is 11.7. The highest BCUT2D eigenvalue weighted by Gasteiger charge is 2.09. The molecule has 12 heteroatoms. The van der Waals surface area contributed by atoms with Gasteiger partial charge in [-0.05, 0) is 69.2 Å². The SMILES string of the molecule is C=C(C)C(=O)O/C=C/Oc1ccc(/C=C/c2ccc(O/C=C/OC(=O)C(=C)C)c(O/C=C/OC(=O)C(=C)C)c2)cc1O/C=C/COC(=O)C(=C)C. The molecule has 0 fully saturated rings. The van der Waals surface area contributed by atoms with Crippen LogP contribution in [0.25, 0.3) is 12.2 Å². The maximum absolute atomic E-state index is 11.7. The van der Waals surface area contributed by atoms with E-state index in [9.17, 15) is 19.2 Å². The lowest BCUT2D eigenvalue weighted by Crippen LogP contribution is -2.04. The molecule has 0 amide bonds. The average Bonchev–Trinajstić information content (AvgIpc) is 3.09. The molecule has 266 valence electrons. The summed E-state index contributed by atoms with van der Waals surface area (Å²) in [5.74, 6) is -1.40. The number of benzene rings is 2. The van der Waals surface area contributed by atoms with Crippen LogP contribution in [0.2, 0.25) is 0 Å². The van der Waals surface area contributed by atoms with Gasteiger partial charge in [-0.2, -0.15) is 0 Å². The number of ether oxygens (including phenoxy) is 8. The van der Waals surface area contributed by atoms with Crippen molar-refractivity contribution in [3.05, 3.63) is 146 Å². The molecule has 0 atom stereocenters. The van der Waals surface area contributed by atoms with Crippen LogP contribution < -0.4 is 18.9 Å². The van der Waals surface area contributed by atoms with E-state index in [0.717, 1.165) is 37.6 Å². The molecule has 0 saturated heterocycles. The Morgan fingerprint density at radius 2 is 0.843 bits per heavy atom. The van der Waals surface area contributed by atoms with Crippen LogP contribution in [-0.2, 0) is 38.1 Å². The first-order chi connectivity index (χ1) is 24.3. The molecule has 2 aromatic rings. The van der Waals surface area contributed by atoms with Gasteiger partial charge >= 0.3 is 23.9 Å². The van der Waals surface area contributed by atoms with Crippen molar-refractivity contribution in [2.45, 2.75) is 27.7 Å². The van der Waals surface area contributed by atoms with E-state index in [1.807, 2.05) is 0 Å². The highest BCUT2D eigenvalue weighted by Crippen LogP contribution is 2.32. The van der Waals surface area contributed by atoms with Gasteiger partial charge in [-0.15, -0.1) is 0 Å². The molecule has 0 aliphatic carbocycles. The Labute approximate surface area is 296 Å². The van der Waals surface area contributed by atoms with Crippen LogP contribution in [0.5, 0.6) is 23.0 Å². The van der Waals surface area contributed by atoms with Gasteiger partial charge in [0.1, 0.15) is 44.2 Å². The first kappa shape index (κ1) is 40.4. The number of rotatable bonds is 19. The Balaban J connectivity index is 2.32. The number of esters is 4. The predicted octanol–water partition coefficient (Wildman–Crippen LogP) is 7.78. The summed E-state index contributed by atoms with van der Waals surface area (Å²) in [5, 5.41) is 0. The molecular formula is C39H38O12. The Morgan fingerprint density at radius 3 is 1.22 bits per heavy atom. The molecule has 0 saturated carbocycles. The van der Waals surface area contributed by atoms with Crippen molar-refractivity contribution in [2.24, 2.45) is 0 Å². The van der Waals surface area contributed by atoms with E-state index < -0.39 is 23.9 Å². The lowest BCUT2D eigenvalue weighted by atomic mass is 10.1. The minimum absolute atomic E-state index is 0.0523. The van der Waals surface area contributed by atoms with E-state index >= 15 is 0 Å². The van der Waals surface area contributed by atoms with Gasteiger partial charge in [0.2, 0.25) is 0 Å². The minimum atomic E-state index is -0.631. The largest absolute Gasteiger partial charge is 0.461 e. The predicted molar refractivity (Wildman–Crippen MR) is 189 cm³/mol. The number of carbonyl (C=O) groups is 4. The van der Waals surface area contributed by atoms with Gasteiger partial charge in [0.15, 0.2) is 23.0 Å². The second-order valence-corrected chi connectivity index (χ2v) is 10.3. The molecule has 0 N–H and O–H groups in total. The van der Waals surface area contributed by atoms with E-state index in [1.165, 1.54) is 40.0 Å². The van der Waals surface area contributed by atoms with E-state index in [0.29, 0.717) is 11.1 Å². The van der Waals surface area contributed by atoms with E-state index in [2.05, 4.69) is 26.3 Å².